The highest BCUT2D eigenvalue weighted by Gasteiger charge is 2.48. The molecule has 0 radical (unpaired) electrons. The third-order valence-electron chi connectivity index (χ3n) is 14.4. The third kappa shape index (κ3) is 47.2. The van der Waals surface area contributed by atoms with Crippen LogP contribution in [0, 0.1) is 0 Å². The highest BCUT2D eigenvalue weighted by molar-refractivity contribution is 7.80. The number of allylic oxidation sites excluding steroid dienone is 10. The fourth-order valence-electron chi connectivity index (χ4n) is 9.70. The summed E-state index contributed by atoms with van der Waals surface area (Å²) in [4.78, 5) is 13.0. The van der Waals surface area contributed by atoms with Crippen LogP contribution in [0.4, 0.5) is 0 Å². The monoisotopic (exact) mass is 1110 g/mol. The summed E-state index contributed by atoms with van der Waals surface area (Å²) in [6.45, 7) is 3.93. The van der Waals surface area contributed by atoms with E-state index in [0.29, 0.717) is 13.0 Å². The molecule has 450 valence electrons. The molecule has 0 saturated carbocycles. The second-order valence-electron chi connectivity index (χ2n) is 21.6. The molecule has 0 amide bonds. The van der Waals surface area contributed by atoms with Crippen LogP contribution in [-0.2, 0) is 38.3 Å². The molecule has 1 saturated heterocycles. The van der Waals surface area contributed by atoms with Crippen molar-refractivity contribution in [3.8, 4) is 0 Å². The van der Waals surface area contributed by atoms with Gasteiger partial charge >= 0.3 is 16.4 Å². The van der Waals surface area contributed by atoms with Gasteiger partial charge in [0.15, 0.2) is 6.29 Å². The fourth-order valence-corrected chi connectivity index (χ4v) is 10.2. The number of esters is 1. The molecule has 1 aliphatic heterocycles. The Morgan fingerprint density at radius 1 is 0.506 bits per heavy atom. The van der Waals surface area contributed by atoms with Gasteiger partial charge in [-0.1, -0.05) is 274 Å². The largest absolute Gasteiger partial charge is 0.457 e. The van der Waals surface area contributed by atoms with Crippen LogP contribution in [0.15, 0.2) is 60.8 Å². The van der Waals surface area contributed by atoms with Gasteiger partial charge in [-0.05, 0) is 57.8 Å². The number of hydrogen-bond donors (Lipinski definition) is 4. The highest BCUT2D eigenvalue weighted by atomic mass is 32.3. The van der Waals surface area contributed by atoms with E-state index in [9.17, 15) is 33.1 Å². The van der Waals surface area contributed by atoms with Crippen molar-refractivity contribution < 1.29 is 56.2 Å². The van der Waals surface area contributed by atoms with E-state index in [0.717, 1.165) is 77.0 Å². The summed E-state index contributed by atoms with van der Waals surface area (Å²) >= 11 is 0. The van der Waals surface area contributed by atoms with Gasteiger partial charge in [0.2, 0.25) is 0 Å². The molecular weight excluding hydrogens is 993 g/mol. The van der Waals surface area contributed by atoms with Crippen LogP contribution in [0.2, 0.25) is 0 Å². The lowest BCUT2D eigenvalue weighted by molar-refractivity contribution is -0.301. The standard InChI is InChI=1S/C64H116O12S/c1-3-5-7-9-11-13-15-17-19-21-23-25-27-29-31-33-35-37-39-41-43-45-47-49-51-53-60(66)74-58(57-73-64-62(68)63(76-77(69,70)71)61(67)59(55-65)75-64)56-72-54-52-50-48-46-44-42-40-38-36-34-32-30-28-26-24-22-20-18-16-14-12-10-8-6-4-2/h5,7,11,13,17,19,23,25,29,31,58-59,61-65,67-68H,3-4,6,8-10,12,14-16,18,20-22,24,26-28,30,32-57H2,1-2H3,(H,69,70,71)/b7-5-,13-11-,19-17-,25-23-,31-29-. The summed E-state index contributed by atoms with van der Waals surface area (Å²) < 4.78 is 59.6. The first-order chi connectivity index (χ1) is 37.6. The molecule has 0 spiro atoms. The van der Waals surface area contributed by atoms with E-state index in [4.69, 9.17) is 18.9 Å². The molecule has 1 rings (SSSR count). The van der Waals surface area contributed by atoms with Gasteiger partial charge in [-0.2, -0.15) is 8.42 Å². The van der Waals surface area contributed by atoms with Gasteiger partial charge in [0.05, 0.1) is 19.8 Å². The van der Waals surface area contributed by atoms with Crippen molar-refractivity contribution in [2.45, 2.75) is 314 Å². The van der Waals surface area contributed by atoms with Crippen LogP contribution in [0.1, 0.15) is 277 Å². The van der Waals surface area contributed by atoms with E-state index in [-0.39, 0.29) is 19.6 Å². The summed E-state index contributed by atoms with van der Waals surface area (Å²) in [7, 11) is -5.07. The minimum atomic E-state index is -5.07. The summed E-state index contributed by atoms with van der Waals surface area (Å²) in [6.07, 6.45) is 62.7. The van der Waals surface area contributed by atoms with Crippen molar-refractivity contribution >= 4 is 16.4 Å². The zero-order chi connectivity index (χ0) is 56.0. The Bertz CT molecular complexity index is 1560. The molecule has 0 aromatic heterocycles. The molecule has 0 aromatic carbocycles. The fraction of sp³-hybridized carbons (Fsp3) is 0.828. The molecule has 1 fully saturated rings. The molecule has 4 N–H and O–H groups in total. The molecule has 6 atom stereocenters. The summed E-state index contributed by atoms with van der Waals surface area (Å²) in [5, 5.41) is 30.9. The number of carbonyl (C=O) groups is 1. The SMILES string of the molecule is CC/C=C\C/C=C\C/C=C\C/C=C\C/C=C\CCCCCCCCCCCC(=O)OC(COCCCCCCCCCCCCCCCCCCCCCCCCCCC)COC1OC(CO)C(O)C(OS(=O)(=O)O)C1O. The van der Waals surface area contributed by atoms with Gasteiger partial charge in [0, 0.05) is 13.0 Å². The maximum Gasteiger partial charge on any atom is 0.397 e. The van der Waals surface area contributed by atoms with Crippen LogP contribution in [0.3, 0.4) is 0 Å². The second kappa shape index (κ2) is 54.4. The van der Waals surface area contributed by atoms with Crippen molar-refractivity contribution in [1.82, 2.24) is 0 Å². The van der Waals surface area contributed by atoms with E-state index in [1.54, 1.807) is 0 Å². The molecule has 77 heavy (non-hydrogen) atoms. The first kappa shape index (κ1) is 72.8. The lowest BCUT2D eigenvalue weighted by Crippen LogP contribution is -2.60. The Morgan fingerprint density at radius 3 is 1.31 bits per heavy atom. The van der Waals surface area contributed by atoms with Crippen molar-refractivity contribution in [1.29, 1.82) is 0 Å². The Balaban J connectivity index is 2.25. The topological polar surface area (TPSA) is 178 Å². The van der Waals surface area contributed by atoms with Gasteiger partial charge in [-0.15, -0.1) is 0 Å². The molecule has 6 unspecified atom stereocenters. The predicted molar refractivity (Wildman–Crippen MR) is 317 cm³/mol. The Kier molecular flexibility index (Phi) is 51.4. The number of carbonyl (C=O) groups excluding carboxylic acids is 1. The normalized spacial score (nSPS) is 18.9. The molecular formula is C64H116O12S. The predicted octanol–water partition coefficient (Wildman–Crippen LogP) is 16.4. The van der Waals surface area contributed by atoms with Gasteiger partial charge in [0.1, 0.15) is 30.5 Å². The molecule has 0 bridgehead atoms. The number of hydrogen-bond acceptors (Lipinski definition) is 11. The van der Waals surface area contributed by atoms with Crippen LogP contribution in [0.25, 0.3) is 0 Å². The quantitative estimate of drug-likeness (QED) is 0.0196. The lowest BCUT2D eigenvalue weighted by Gasteiger charge is -2.41. The number of aliphatic hydroxyl groups excluding tert-OH is 3. The highest BCUT2D eigenvalue weighted by Crippen LogP contribution is 2.26. The summed E-state index contributed by atoms with van der Waals surface area (Å²) in [6, 6.07) is 0. The van der Waals surface area contributed by atoms with E-state index in [1.807, 2.05) is 0 Å². The van der Waals surface area contributed by atoms with Crippen molar-refractivity contribution in [2.24, 2.45) is 0 Å². The lowest BCUT2D eigenvalue weighted by atomic mass is 9.99. The Hall–Kier alpha value is -2.20. The van der Waals surface area contributed by atoms with Crippen LogP contribution < -0.4 is 0 Å². The number of ether oxygens (including phenoxy) is 4. The van der Waals surface area contributed by atoms with E-state index < -0.39 is 59.8 Å². The van der Waals surface area contributed by atoms with E-state index in [1.165, 1.54) is 173 Å². The van der Waals surface area contributed by atoms with E-state index in [2.05, 4.69) is 78.8 Å². The zero-order valence-electron chi connectivity index (χ0n) is 49.0. The Morgan fingerprint density at radius 2 is 0.896 bits per heavy atom. The first-order valence-corrected chi connectivity index (χ1v) is 32.9. The second-order valence-corrected chi connectivity index (χ2v) is 22.7. The minimum Gasteiger partial charge on any atom is -0.457 e. The molecule has 12 nitrogen and oxygen atoms in total. The number of rotatable bonds is 56. The number of unbranched alkanes of at least 4 members (excludes halogenated alkanes) is 33. The average Bonchev–Trinajstić information content (AvgIpc) is 3.42. The van der Waals surface area contributed by atoms with Crippen molar-refractivity contribution in [3.63, 3.8) is 0 Å². The molecule has 0 aromatic rings. The van der Waals surface area contributed by atoms with Gasteiger partial charge in [0.25, 0.3) is 0 Å². The average molecular weight is 1110 g/mol. The van der Waals surface area contributed by atoms with Crippen LogP contribution in [0.5, 0.6) is 0 Å². The summed E-state index contributed by atoms with van der Waals surface area (Å²) in [5.74, 6) is -0.402. The van der Waals surface area contributed by atoms with Crippen molar-refractivity contribution in [3.05, 3.63) is 60.8 Å². The maximum absolute atomic E-state index is 13.0. The van der Waals surface area contributed by atoms with E-state index >= 15 is 0 Å². The summed E-state index contributed by atoms with van der Waals surface area (Å²) in [5.41, 5.74) is 0. The smallest absolute Gasteiger partial charge is 0.397 e. The Labute approximate surface area is 471 Å². The molecule has 13 heteroatoms. The maximum atomic E-state index is 13.0. The molecule has 1 aliphatic rings. The van der Waals surface area contributed by atoms with Gasteiger partial charge < -0.3 is 34.3 Å². The van der Waals surface area contributed by atoms with Crippen LogP contribution >= 0.6 is 0 Å². The first-order valence-electron chi connectivity index (χ1n) is 31.5. The minimum absolute atomic E-state index is 0.0350. The molecule has 1 heterocycles. The van der Waals surface area contributed by atoms with Gasteiger partial charge in [-0.25, -0.2) is 4.18 Å². The number of aliphatic hydroxyl groups is 3. The third-order valence-corrected chi connectivity index (χ3v) is 14.9. The van der Waals surface area contributed by atoms with Crippen molar-refractivity contribution in [2.75, 3.05) is 26.4 Å². The van der Waals surface area contributed by atoms with Gasteiger partial charge in [-0.3, -0.25) is 9.35 Å². The molecule has 0 aliphatic carbocycles. The zero-order valence-corrected chi connectivity index (χ0v) is 49.8. The van der Waals surface area contributed by atoms with Crippen LogP contribution in [-0.4, -0.2) is 97.5 Å².